The van der Waals surface area contributed by atoms with Crippen LogP contribution >= 0.6 is 23.2 Å². The van der Waals surface area contributed by atoms with E-state index in [1.807, 2.05) is 43.3 Å². The highest BCUT2D eigenvalue weighted by atomic mass is 35.5. The zero-order valence-electron chi connectivity index (χ0n) is 25.3. The van der Waals surface area contributed by atoms with E-state index in [9.17, 15) is 5.11 Å². The normalized spacial score (nSPS) is 11.0. The maximum atomic E-state index is 9.88. The van der Waals surface area contributed by atoms with Gasteiger partial charge in [0.1, 0.15) is 36.5 Å². The van der Waals surface area contributed by atoms with E-state index in [2.05, 4.69) is 29.9 Å². The summed E-state index contributed by atoms with van der Waals surface area (Å²) in [6.45, 7) is 7.01. The Morgan fingerprint density at radius 3 is 2.43 bits per heavy atom. The number of aromatic nitrogens is 1. The molecule has 0 fully saturated rings. The van der Waals surface area contributed by atoms with E-state index >= 15 is 0 Å². The number of rotatable bonds is 15. The van der Waals surface area contributed by atoms with E-state index in [0.717, 1.165) is 53.7 Å². The molecule has 1 heterocycles. The molecule has 7 nitrogen and oxygen atoms in total. The molecule has 0 bridgehead atoms. The van der Waals surface area contributed by atoms with Gasteiger partial charge in [-0.15, -0.1) is 0 Å². The summed E-state index contributed by atoms with van der Waals surface area (Å²) in [5.41, 5.74) is 5.56. The van der Waals surface area contributed by atoms with Crippen molar-refractivity contribution in [1.82, 2.24) is 9.88 Å². The highest BCUT2D eigenvalue weighted by molar-refractivity contribution is 6.35. The largest absolute Gasteiger partial charge is 0.492 e. The predicted molar refractivity (Wildman–Crippen MR) is 175 cm³/mol. The highest BCUT2D eigenvalue weighted by Gasteiger charge is 2.16. The number of halogens is 2. The molecule has 230 valence electrons. The number of nitriles is 1. The molecule has 0 radical (unpaired) electrons. The third kappa shape index (κ3) is 8.64. The first-order chi connectivity index (χ1) is 21.3. The standard InChI is InChI=1S/C35H37Cl2N3O4/c1-4-12-40(3)13-7-14-42-32-11-6-10-30(35(32)37)29-9-5-8-27(24(29)2)23-44-34-17-33(28(21-41)16-31(34)36)43-22-26-15-25(18-38)19-39-20-26/h5-6,8-11,15-17,19-20,41H,4,7,12-14,21-23H2,1-3H3. The summed E-state index contributed by atoms with van der Waals surface area (Å²) in [5.74, 6) is 1.52. The monoisotopic (exact) mass is 633 g/mol. The van der Waals surface area contributed by atoms with Crippen LogP contribution in [0.25, 0.3) is 11.1 Å². The van der Waals surface area contributed by atoms with Crippen molar-refractivity contribution in [3.05, 3.63) is 105 Å². The maximum Gasteiger partial charge on any atom is 0.142 e. The lowest BCUT2D eigenvalue weighted by Gasteiger charge is -2.18. The van der Waals surface area contributed by atoms with Gasteiger partial charge in [0, 0.05) is 41.7 Å². The van der Waals surface area contributed by atoms with Crippen LogP contribution < -0.4 is 14.2 Å². The summed E-state index contributed by atoms with van der Waals surface area (Å²) in [6, 6.07) is 18.9. The minimum Gasteiger partial charge on any atom is -0.492 e. The predicted octanol–water partition coefficient (Wildman–Crippen LogP) is 8.00. The van der Waals surface area contributed by atoms with Gasteiger partial charge in [0.15, 0.2) is 0 Å². The second-order valence-electron chi connectivity index (χ2n) is 10.5. The van der Waals surface area contributed by atoms with Gasteiger partial charge in [0.25, 0.3) is 0 Å². The van der Waals surface area contributed by atoms with Crippen molar-refractivity contribution in [2.75, 3.05) is 26.7 Å². The van der Waals surface area contributed by atoms with Gasteiger partial charge >= 0.3 is 0 Å². The Balaban J connectivity index is 1.47. The summed E-state index contributed by atoms with van der Waals surface area (Å²) in [7, 11) is 2.12. The molecule has 0 amide bonds. The van der Waals surface area contributed by atoms with Crippen LogP contribution in [0.2, 0.25) is 10.0 Å². The van der Waals surface area contributed by atoms with Crippen molar-refractivity contribution in [2.24, 2.45) is 0 Å². The molecule has 3 aromatic carbocycles. The van der Waals surface area contributed by atoms with E-state index < -0.39 is 0 Å². The van der Waals surface area contributed by atoms with Gasteiger partial charge in [-0.05, 0) is 68.2 Å². The van der Waals surface area contributed by atoms with Crippen LogP contribution in [0.5, 0.6) is 17.2 Å². The van der Waals surface area contributed by atoms with Gasteiger partial charge in [-0.25, -0.2) is 0 Å². The van der Waals surface area contributed by atoms with Crippen LogP contribution in [-0.2, 0) is 19.8 Å². The van der Waals surface area contributed by atoms with Crippen molar-refractivity contribution >= 4 is 23.2 Å². The average Bonchev–Trinajstić information content (AvgIpc) is 3.03. The Bertz CT molecular complexity index is 1610. The number of benzene rings is 3. The fraction of sp³-hybridized carbons (Fsp3) is 0.314. The number of nitrogens with zero attached hydrogens (tertiary/aromatic N) is 3. The zero-order valence-corrected chi connectivity index (χ0v) is 26.8. The number of hydrogen-bond acceptors (Lipinski definition) is 7. The number of pyridine rings is 1. The van der Waals surface area contributed by atoms with E-state index in [4.69, 9.17) is 42.7 Å². The fourth-order valence-corrected chi connectivity index (χ4v) is 5.38. The molecule has 1 N–H and O–H groups in total. The smallest absolute Gasteiger partial charge is 0.142 e. The molecule has 1 aromatic heterocycles. The number of aliphatic hydroxyl groups excluding tert-OH is 1. The highest BCUT2D eigenvalue weighted by Crippen LogP contribution is 2.38. The SMILES string of the molecule is CCCN(C)CCCOc1cccc(-c2cccc(COc3cc(OCc4cncc(C#N)c4)c(CO)cc3Cl)c2C)c1Cl. The van der Waals surface area contributed by atoms with E-state index in [-0.39, 0.29) is 19.8 Å². The maximum absolute atomic E-state index is 9.88. The zero-order chi connectivity index (χ0) is 31.5. The van der Waals surface area contributed by atoms with E-state index in [1.54, 1.807) is 24.4 Å². The molecule has 9 heteroatoms. The van der Waals surface area contributed by atoms with Crippen LogP contribution in [0.4, 0.5) is 0 Å². The van der Waals surface area contributed by atoms with Crippen LogP contribution in [0.15, 0.2) is 67.0 Å². The lowest BCUT2D eigenvalue weighted by molar-refractivity contribution is 0.255. The van der Waals surface area contributed by atoms with Crippen molar-refractivity contribution in [1.29, 1.82) is 5.26 Å². The number of aliphatic hydroxyl groups is 1. The van der Waals surface area contributed by atoms with Crippen molar-refractivity contribution in [3.63, 3.8) is 0 Å². The molecule has 0 atom stereocenters. The van der Waals surface area contributed by atoms with Crippen LogP contribution in [0.1, 0.15) is 47.6 Å². The minimum absolute atomic E-state index is 0.164. The number of hydrogen-bond donors (Lipinski definition) is 1. The summed E-state index contributed by atoms with van der Waals surface area (Å²) in [4.78, 5) is 6.37. The lowest BCUT2D eigenvalue weighted by atomic mass is 9.96. The van der Waals surface area contributed by atoms with Crippen molar-refractivity contribution < 1.29 is 19.3 Å². The minimum atomic E-state index is -0.258. The quantitative estimate of drug-likeness (QED) is 0.133. The Kier molecular flexibility index (Phi) is 12.3. The molecule has 0 spiro atoms. The van der Waals surface area contributed by atoms with Crippen molar-refractivity contribution in [2.45, 2.75) is 46.5 Å². The Hall–Kier alpha value is -3.80. The molecule has 0 aliphatic heterocycles. The van der Waals surface area contributed by atoms with Crippen LogP contribution in [0.3, 0.4) is 0 Å². The topological polar surface area (TPSA) is 87.8 Å². The summed E-state index contributed by atoms with van der Waals surface area (Å²) < 4.78 is 18.2. The van der Waals surface area contributed by atoms with Crippen LogP contribution in [-0.4, -0.2) is 41.7 Å². The second-order valence-corrected chi connectivity index (χ2v) is 11.3. The summed E-state index contributed by atoms with van der Waals surface area (Å²) in [5, 5.41) is 20.0. The number of ether oxygens (including phenoxy) is 3. The molecule has 0 aliphatic carbocycles. The van der Waals surface area contributed by atoms with Gasteiger partial charge in [-0.1, -0.05) is 60.5 Å². The summed E-state index contributed by atoms with van der Waals surface area (Å²) >= 11 is 13.4. The molecule has 44 heavy (non-hydrogen) atoms. The average molecular weight is 635 g/mol. The van der Waals surface area contributed by atoms with Gasteiger partial charge in [-0.2, -0.15) is 5.26 Å². The van der Waals surface area contributed by atoms with Crippen molar-refractivity contribution in [3.8, 4) is 34.4 Å². The summed E-state index contributed by atoms with van der Waals surface area (Å²) in [6.07, 6.45) is 5.17. The van der Waals surface area contributed by atoms with Crippen LogP contribution in [0, 0.1) is 18.3 Å². The molecule has 0 saturated heterocycles. The van der Waals surface area contributed by atoms with Gasteiger partial charge in [-0.3, -0.25) is 4.98 Å². The first-order valence-corrected chi connectivity index (χ1v) is 15.3. The Morgan fingerprint density at radius 1 is 0.886 bits per heavy atom. The molecule has 4 aromatic rings. The molecular weight excluding hydrogens is 597 g/mol. The Morgan fingerprint density at radius 2 is 1.66 bits per heavy atom. The molecule has 0 unspecified atom stereocenters. The Labute approximate surface area is 269 Å². The van der Waals surface area contributed by atoms with E-state index in [0.29, 0.717) is 45.0 Å². The van der Waals surface area contributed by atoms with Gasteiger partial charge in [0.2, 0.25) is 0 Å². The molecule has 4 rings (SSSR count). The third-order valence-corrected chi connectivity index (χ3v) is 7.92. The van der Waals surface area contributed by atoms with Gasteiger partial charge < -0.3 is 24.2 Å². The second kappa shape index (κ2) is 16.3. The first kappa shape index (κ1) is 33.1. The lowest BCUT2D eigenvalue weighted by Crippen LogP contribution is -2.21. The van der Waals surface area contributed by atoms with Gasteiger partial charge in [0.05, 0.1) is 28.8 Å². The third-order valence-electron chi connectivity index (χ3n) is 7.23. The molecule has 0 saturated carbocycles. The molecule has 0 aliphatic rings. The molecular formula is C35H37Cl2N3O4. The fourth-order valence-electron chi connectivity index (χ4n) is 4.86. The van der Waals surface area contributed by atoms with E-state index in [1.165, 1.54) is 6.20 Å². The first-order valence-electron chi connectivity index (χ1n) is 14.6.